The van der Waals surface area contributed by atoms with Crippen molar-refractivity contribution >= 4 is 23.6 Å². The van der Waals surface area contributed by atoms with Gasteiger partial charge in [0.25, 0.3) is 11.8 Å². The molecule has 0 unspecified atom stereocenters. The fourth-order valence-electron chi connectivity index (χ4n) is 1.71. The van der Waals surface area contributed by atoms with Gasteiger partial charge in [-0.2, -0.15) is 0 Å². The number of carbonyl (C=O) groups is 2. The van der Waals surface area contributed by atoms with Crippen LogP contribution in [0.2, 0.25) is 0 Å². The number of nitrogens with one attached hydrogen (secondary N) is 2. The lowest BCUT2D eigenvalue weighted by Crippen LogP contribution is -2.46. The molecule has 25 heavy (non-hydrogen) atoms. The van der Waals surface area contributed by atoms with Gasteiger partial charge in [-0.1, -0.05) is 30.0 Å². The summed E-state index contributed by atoms with van der Waals surface area (Å²) in [6, 6.07) is 14.9. The molecular weight excluding hydrogens is 343 g/mol. The van der Waals surface area contributed by atoms with E-state index in [-0.39, 0.29) is 0 Å². The number of benzene rings is 2. The number of hydrazine groups is 1. The van der Waals surface area contributed by atoms with Crippen LogP contribution in [0.1, 0.15) is 6.92 Å². The maximum absolute atomic E-state index is 12.8. The van der Waals surface area contributed by atoms with Gasteiger partial charge in [0.2, 0.25) is 0 Å². The van der Waals surface area contributed by atoms with Crippen LogP contribution in [0.5, 0.6) is 5.75 Å². The van der Waals surface area contributed by atoms with Crippen molar-refractivity contribution in [1.82, 2.24) is 10.9 Å². The normalized spacial score (nSPS) is 11.8. The van der Waals surface area contributed by atoms with E-state index in [9.17, 15) is 14.0 Å². The Labute approximate surface area is 149 Å². The highest BCUT2D eigenvalue weighted by Crippen LogP contribution is 2.17. The van der Waals surface area contributed by atoms with E-state index in [0.29, 0.717) is 5.75 Å². The number of ether oxygens (including phenoxy) is 1. The molecule has 5 nitrogen and oxygen atoms in total. The third-order valence-corrected chi connectivity index (χ3v) is 3.79. The van der Waals surface area contributed by atoms with Gasteiger partial charge in [0.05, 0.1) is 0 Å². The topological polar surface area (TPSA) is 67.4 Å². The predicted octanol–water partition coefficient (Wildman–Crippen LogP) is 3.05. The molecule has 2 amide bonds. The van der Waals surface area contributed by atoms with E-state index in [2.05, 4.69) is 10.9 Å². The second-order valence-electron chi connectivity index (χ2n) is 4.93. The Morgan fingerprint density at radius 2 is 1.76 bits per heavy atom. The number of hydrogen-bond donors (Lipinski definition) is 2. The minimum atomic E-state index is -0.853. The van der Waals surface area contributed by atoms with Gasteiger partial charge in [-0.3, -0.25) is 20.4 Å². The molecule has 0 aliphatic heterocycles. The van der Waals surface area contributed by atoms with Gasteiger partial charge in [-0.05, 0) is 48.7 Å². The molecule has 2 N–H and O–H groups in total. The van der Waals surface area contributed by atoms with Crippen molar-refractivity contribution in [3.8, 4) is 5.75 Å². The fourth-order valence-corrected chi connectivity index (χ4v) is 2.37. The highest BCUT2D eigenvalue weighted by Gasteiger charge is 2.14. The van der Waals surface area contributed by atoms with E-state index in [0.717, 1.165) is 4.90 Å². The minimum Gasteiger partial charge on any atom is -0.481 e. The molecule has 0 spiro atoms. The highest BCUT2D eigenvalue weighted by atomic mass is 32.2. The molecule has 0 saturated carbocycles. The van der Waals surface area contributed by atoms with Crippen LogP contribution in [0.25, 0.3) is 0 Å². The second kappa shape index (κ2) is 9.48. The average molecular weight is 360 g/mol. The highest BCUT2D eigenvalue weighted by molar-refractivity contribution is 8.02. The molecule has 2 aromatic carbocycles. The molecule has 0 aliphatic carbocycles. The van der Waals surface area contributed by atoms with Crippen molar-refractivity contribution in [2.75, 3.05) is 0 Å². The summed E-state index contributed by atoms with van der Waals surface area (Å²) in [6.07, 6.45) is 0.456. The molecule has 130 valence electrons. The van der Waals surface area contributed by atoms with Crippen molar-refractivity contribution in [1.29, 1.82) is 0 Å². The van der Waals surface area contributed by atoms with Crippen molar-refractivity contribution in [3.05, 3.63) is 71.9 Å². The summed E-state index contributed by atoms with van der Waals surface area (Å²) in [4.78, 5) is 24.5. The SMILES string of the molecule is C[C@H](Oc1ccc(F)cc1)C(=O)NNC(=O)/C=C/Sc1ccccc1. The zero-order valence-corrected chi connectivity index (χ0v) is 14.3. The Hall–Kier alpha value is -2.80. The third-order valence-electron chi connectivity index (χ3n) is 2.97. The van der Waals surface area contributed by atoms with E-state index in [1.165, 1.54) is 49.0 Å². The number of carbonyl (C=O) groups excluding carboxylic acids is 2. The minimum absolute atomic E-state index is 0.356. The molecule has 0 heterocycles. The number of rotatable bonds is 6. The van der Waals surface area contributed by atoms with Gasteiger partial charge < -0.3 is 4.74 Å². The summed E-state index contributed by atoms with van der Waals surface area (Å²) in [5.41, 5.74) is 4.53. The lowest BCUT2D eigenvalue weighted by Gasteiger charge is -2.14. The second-order valence-corrected chi connectivity index (χ2v) is 5.91. The summed E-state index contributed by atoms with van der Waals surface area (Å²) >= 11 is 1.38. The van der Waals surface area contributed by atoms with Crippen molar-refractivity contribution in [2.24, 2.45) is 0 Å². The molecule has 0 radical (unpaired) electrons. The first-order valence-corrected chi connectivity index (χ1v) is 8.33. The van der Waals surface area contributed by atoms with Crippen LogP contribution < -0.4 is 15.6 Å². The van der Waals surface area contributed by atoms with E-state index < -0.39 is 23.7 Å². The van der Waals surface area contributed by atoms with Crippen LogP contribution in [0, 0.1) is 5.82 Å². The summed E-state index contributed by atoms with van der Waals surface area (Å²) in [7, 11) is 0. The zero-order chi connectivity index (χ0) is 18.1. The Morgan fingerprint density at radius 3 is 2.44 bits per heavy atom. The van der Waals surface area contributed by atoms with Crippen LogP contribution in [-0.4, -0.2) is 17.9 Å². The first-order valence-electron chi connectivity index (χ1n) is 7.45. The summed E-state index contributed by atoms with van der Waals surface area (Å²) in [5.74, 6) is -1.03. The van der Waals surface area contributed by atoms with Crippen LogP contribution in [0.3, 0.4) is 0 Å². The standard InChI is InChI=1S/C18H17FN2O3S/c1-13(24-15-9-7-14(19)8-10-15)18(23)21-20-17(22)11-12-25-16-5-3-2-4-6-16/h2-13H,1H3,(H,20,22)(H,21,23)/b12-11+/t13-/m0/s1. The molecule has 0 saturated heterocycles. The summed E-state index contributed by atoms with van der Waals surface area (Å²) in [6.45, 7) is 1.52. The lowest BCUT2D eigenvalue weighted by atomic mass is 10.3. The quantitative estimate of drug-likeness (QED) is 0.472. The van der Waals surface area contributed by atoms with Gasteiger partial charge in [-0.15, -0.1) is 0 Å². The van der Waals surface area contributed by atoms with Crippen LogP contribution in [0.4, 0.5) is 4.39 Å². The summed E-state index contributed by atoms with van der Waals surface area (Å²) < 4.78 is 18.2. The van der Waals surface area contributed by atoms with Gasteiger partial charge in [0.15, 0.2) is 6.10 Å². The van der Waals surface area contributed by atoms with Gasteiger partial charge >= 0.3 is 0 Å². The monoisotopic (exact) mass is 360 g/mol. The molecule has 0 aromatic heterocycles. The van der Waals surface area contributed by atoms with Crippen molar-refractivity contribution in [3.63, 3.8) is 0 Å². The first-order chi connectivity index (χ1) is 12.0. The third kappa shape index (κ3) is 6.68. The Morgan fingerprint density at radius 1 is 1.08 bits per heavy atom. The Bertz CT molecular complexity index is 736. The van der Waals surface area contributed by atoms with Gasteiger partial charge in [0.1, 0.15) is 11.6 Å². The van der Waals surface area contributed by atoms with Crippen LogP contribution >= 0.6 is 11.8 Å². The zero-order valence-electron chi connectivity index (χ0n) is 13.4. The van der Waals surface area contributed by atoms with E-state index in [1.807, 2.05) is 30.3 Å². The summed E-state index contributed by atoms with van der Waals surface area (Å²) in [5, 5.41) is 1.62. The number of halogens is 1. The molecule has 0 fully saturated rings. The van der Waals surface area contributed by atoms with Gasteiger partial charge in [0, 0.05) is 11.0 Å². The Balaban J connectivity index is 1.72. The molecule has 2 aromatic rings. The smallest absolute Gasteiger partial charge is 0.279 e. The molecule has 7 heteroatoms. The molecule has 0 aliphatic rings. The maximum Gasteiger partial charge on any atom is 0.279 e. The van der Waals surface area contributed by atoms with E-state index in [1.54, 1.807) is 5.41 Å². The van der Waals surface area contributed by atoms with Crippen molar-refractivity contribution in [2.45, 2.75) is 17.9 Å². The van der Waals surface area contributed by atoms with Crippen LogP contribution in [0.15, 0.2) is 71.0 Å². The lowest BCUT2D eigenvalue weighted by molar-refractivity contribution is -0.131. The first kappa shape index (κ1) is 18.5. The number of thioether (sulfide) groups is 1. The number of amides is 2. The largest absolute Gasteiger partial charge is 0.481 e. The van der Waals surface area contributed by atoms with E-state index >= 15 is 0 Å². The predicted molar refractivity (Wildman–Crippen MR) is 94.2 cm³/mol. The average Bonchev–Trinajstić information content (AvgIpc) is 2.62. The number of hydrogen-bond acceptors (Lipinski definition) is 4. The molecule has 1 atom stereocenters. The fraction of sp³-hybridized carbons (Fsp3) is 0.111. The Kier molecular flexibility index (Phi) is 7.03. The molecule has 2 rings (SSSR count). The van der Waals surface area contributed by atoms with Crippen LogP contribution in [-0.2, 0) is 9.59 Å². The molecule has 0 bridgehead atoms. The maximum atomic E-state index is 12.8. The van der Waals surface area contributed by atoms with Crippen molar-refractivity contribution < 1.29 is 18.7 Å². The molecular formula is C18H17FN2O3S. The van der Waals surface area contributed by atoms with Gasteiger partial charge in [-0.25, -0.2) is 4.39 Å². The van der Waals surface area contributed by atoms with E-state index in [4.69, 9.17) is 4.74 Å².